The van der Waals surface area contributed by atoms with Crippen molar-refractivity contribution in [2.24, 2.45) is 5.92 Å². The molecule has 13 heteroatoms. The van der Waals surface area contributed by atoms with Crippen molar-refractivity contribution >= 4 is 43.4 Å². The molecule has 3 N–H and O–H groups in total. The van der Waals surface area contributed by atoms with Gasteiger partial charge in [-0.15, -0.1) is 0 Å². The van der Waals surface area contributed by atoms with E-state index in [4.69, 9.17) is 15.5 Å². The molecule has 9 rings (SSSR count). The number of anilines is 2. The Morgan fingerprint density at radius 3 is 2.61 bits per heavy atom. The highest BCUT2D eigenvalue weighted by Crippen LogP contribution is 2.59. The summed E-state index contributed by atoms with van der Waals surface area (Å²) >= 11 is 0.941. The van der Waals surface area contributed by atoms with E-state index < -0.39 is 29.9 Å². The summed E-state index contributed by atoms with van der Waals surface area (Å²) in [5.41, 5.74) is 6.30. The van der Waals surface area contributed by atoms with Crippen molar-refractivity contribution in [3.8, 4) is 17.1 Å². The Morgan fingerprint density at radius 1 is 1.07 bits per heavy atom. The van der Waals surface area contributed by atoms with Gasteiger partial charge < -0.3 is 20.7 Å². The topological polar surface area (TPSA) is 92.4 Å². The first kappa shape index (κ1) is 28.9. The number of nitrogen functional groups attached to an aromatic ring is 1. The molecule has 2 aromatic carbocycles. The zero-order chi connectivity index (χ0) is 31.5. The van der Waals surface area contributed by atoms with Gasteiger partial charge in [0.1, 0.15) is 23.8 Å². The first-order valence-electron chi connectivity index (χ1n) is 16.2. The second-order valence-corrected chi connectivity index (χ2v) is 15.2. The highest BCUT2D eigenvalue weighted by Gasteiger charge is 2.59. The summed E-state index contributed by atoms with van der Waals surface area (Å²) in [6.45, 7) is 6.02. The van der Waals surface area contributed by atoms with Crippen LogP contribution in [0.3, 0.4) is 0 Å². The van der Waals surface area contributed by atoms with Gasteiger partial charge in [0.2, 0.25) is 0 Å². The predicted octanol–water partition coefficient (Wildman–Crippen LogP) is 6.08. The van der Waals surface area contributed by atoms with E-state index in [0.29, 0.717) is 36.8 Å². The number of thiazole rings is 1. The summed E-state index contributed by atoms with van der Waals surface area (Å²) in [6, 6.07) is 4.83. The van der Waals surface area contributed by atoms with E-state index in [0.717, 1.165) is 56.5 Å². The number of aromatic nitrogens is 3. The molecule has 5 atom stereocenters. The molecule has 0 amide bonds. The van der Waals surface area contributed by atoms with Crippen LogP contribution in [0.4, 0.5) is 28.5 Å². The molecule has 6 heterocycles. The molecule has 3 unspecified atom stereocenters. The van der Waals surface area contributed by atoms with Gasteiger partial charge in [0.25, 0.3) is 5.92 Å². The van der Waals surface area contributed by atoms with Crippen LogP contribution in [0.2, 0.25) is 0 Å². The highest BCUT2D eigenvalue weighted by atomic mass is 32.1. The first-order chi connectivity index (χ1) is 22.1. The van der Waals surface area contributed by atoms with Crippen LogP contribution in [0.25, 0.3) is 32.2 Å². The number of nitrogens with two attached hydrogens (primary N) is 1. The number of alkyl halides is 2. The maximum absolute atomic E-state index is 17.2. The minimum absolute atomic E-state index is 0.00478. The number of benzene rings is 2. The number of halogens is 4. The fourth-order valence-corrected chi connectivity index (χ4v) is 9.56. The van der Waals surface area contributed by atoms with Crippen molar-refractivity contribution in [3.05, 3.63) is 35.4 Å². The van der Waals surface area contributed by atoms with Crippen LogP contribution >= 0.6 is 11.3 Å². The lowest BCUT2D eigenvalue weighted by Crippen LogP contribution is -2.51. The molecule has 2 aromatic heterocycles. The molecule has 242 valence electrons. The Bertz CT molecular complexity index is 1890. The molecule has 4 saturated heterocycles. The Labute approximate surface area is 267 Å². The van der Waals surface area contributed by atoms with Gasteiger partial charge in [-0.2, -0.15) is 9.97 Å². The van der Waals surface area contributed by atoms with Crippen molar-refractivity contribution in [2.45, 2.75) is 74.9 Å². The molecule has 2 bridgehead atoms. The number of nitrogens with zero attached hydrogens (tertiary/aromatic N) is 5. The van der Waals surface area contributed by atoms with Crippen LogP contribution in [0.15, 0.2) is 18.2 Å². The quantitative estimate of drug-likeness (QED) is 0.242. The van der Waals surface area contributed by atoms with Gasteiger partial charge in [-0.25, -0.2) is 22.5 Å². The average molecular weight is 654 g/mol. The monoisotopic (exact) mass is 653 g/mol. The van der Waals surface area contributed by atoms with E-state index in [1.54, 1.807) is 6.07 Å². The molecule has 46 heavy (non-hydrogen) atoms. The SMILES string of the molecule is C[C@H]1CN2CCC[C@@]2(COc2nc(N3CC4CCC(C3)N4)c3cc(C4CC4(F)F)c(-c4ccc(F)c5sc(N)nc45)c(F)c3n2)C1. The Kier molecular flexibility index (Phi) is 6.35. The summed E-state index contributed by atoms with van der Waals surface area (Å²) in [6.07, 6.45) is 4.79. The maximum Gasteiger partial charge on any atom is 0.319 e. The van der Waals surface area contributed by atoms with Gasteiger partial charge in [-0.05, 0) is 68.3 Å². The van der Waals surface area contributed by atoms with Crippen molar-refractivity contribution in [2.75, 3.05) is 43.4 Å². The van der Waals surface area contributed by atoms with Gasteiger partial charge >= 0.3 is 6.01 Å². The molecular weight excluding hydrogens is 618 g/mol. The average Bonchev–Trinajstić information content (AvgIpc) is 3.44. The van der Waals surface area contributed by atoms with Crippen molar-refractivity contribution < 1.29 is 22.3 Å². The Hall–Kier alpha value is -3.29. The second-order valence-electron chi connectivity index (χ2n) is 14.1. The maximum atomic E-state index is 17.2. The standard InChI is InChI=1S/C33H35F4N7OS/c1-16-10-32(7-2-8-44(32)12-16)15-45-31-41-26-21(29(42-31)43-13-17-3-4-18(14-43)39-17)9-20(22-11-33(22,36)37)24(25(26)35)19-5-6-23(34)28-27(19)40-30(38)46-28/h5-6,9,16-18,22,39H,2-4,7-8,10-15H2,1H3,(H2,38,40)/t16-,17?,18?,22?,32+/m1/s1. The molecule has 5 aliphatic rings. The lowest BCUT2D eigenvalue weighted by molar-refractivity contribution is 0.107. The van der Waals surface area contributed by atoms with Crippen LogP contribution < -0.4 is 20.7 Å². The Balaban J connectivity index is 1.23. The molecule has 0 radical (unpaired) electrons. The number of nitrogens with one attached hydrogen (secondary N) is 1. The van der Waals surface area contributed by atoms with Gasteiger partial charge in [-0.1, -0.05) is 18.3 Å². The zero-order valence-corrected chi connectivity index (χ0v) is 26.3. The largest absolute Gasteiger partial charge is 0.461 e. The van der Waals surface area contributed by atoms with Gasteiger partial charge in [-0.3, -0.25) is 4.90 Å². The molecule has 4 aromatic rings. The fraction of sp³-hybridized carbons (Fsp3) is 0.545. The van der Waals surface area contributed by atoms with E-state index in [-0.39, 0.29) is 61.2 Å². The molecular formula is C33H35F4N7OS. The number of ether oxygens (including phenoxy) is 1. The summed E-state index contributed by atoms with van der Waals surface area (Å²) < 4.78 is 68.2. The third kappa shape index (κ3) is 4.48. The molecule has 8 nitrogen and oxygen atoms in total. The third-order valence-corrected chi connectivity index (χ3v) is 11.8. The van der Waals surface area contributed by atoms with Crippen LogP contribution in [-0.2, 0) is 0 Å². The van der Waals surface area contributed by atoms with Crippen LogP contribution in [0, 0.1) is 17.6 Å². The predicted molar refractivity (Wildman–Crippen MR) is 170 cm³/mol. The van der Waals surface area contributed by atoms with E-state index in [2.05, 4.69) is 32.0 Å². The van der Waals surface area contributed by atoms with Gasteiger partial charge in [0.05, 0.1) is 21.7 Å². The summed E-state index contributed by atoms with van der Waals surface area (Å²) in [5.74, 6) is -4.45. The fourth-order valence-electron chi connectivity index (χ4n) is 8.80. The first-order valence-corrected chi connectivity index (χ1v) is 17.1. The molecule has 0 spiro atoms. The molecule has 1 saturated carbocycles. The van der Waals surface area contributed by atoms with Crippen molar-refractivity contribution in [1.82, 2.24) is 25.2 Å². The van der Waals surface area contributed by atoms with E-state index in [1.807, 2.05) is 0 Å². The number of hydrogen-bond donors (Lipinski definition) is 2. The van der Waals surface area contributed by atoms with Gasteiger partial charge in [0, 0.05) is 54.7 Å². The lowest BCUT2D eigenvalue weighted by Gasteiger charge is -2.35. The van der Waals surface area contributed by atoms with Crippen LogP contribution in [0.1, 0.15) is 56.9 Å². The van der Waals surface area contributed by atoms with Crippen LogP contribution in [0.5, 0.6) is 6.01 Å². The van der Waals surface area contributed by atoms with E-state index in [9.17, 15) is 13.2 Å². The summed E-state index contributed by atoms with van der Waals surface area (Å²) in [7, 11) is 0. The van der Waals surface area contributed by atoms with Crippen LogP contribution in [-0.4, -0.2) is 76.2 Å². The summed E-state index contributed by atoms with van der Waals surface area (Å²) in [4.78, 5) is 18.5. The van der Waals surface area contributed by atoms with E-state index >= 15 is 4.39 Å². The van der Waals surface area contributed by atoms with Gasteiger partial charge in [0.15, 0.2) is 10.9 Å². The number of piperazine rings is 1. The molecule has 1 aliphatic carbocycles. The number of fused-ring (bicyclic) bond motifs is 5. The molecule has 5 fully saturated rings. The second kappa shape index (κ2) is 10.1. The number of rotatable bonds is 6. The van der Waals surface area contributed by atoms with Crippen molar-refractivity contribution in [1.29, 1.82) is 0 Å². The van der Waals surface area contributed by atoms with Crippen molar-refractivity contribution in [3.63, 3.8) is 0 Å². The minimum atomic E-state index is -2.99. The zero-order valence-electron chi connectivity index (χ0n) is 25.5. The summed E-state index contributed by atoms with van der Waals surface area (Å²) in [5, 5.41) is 4.10. The third-order valence-electron chi connectivity index (χ3n) is 10.9. The van der Waals surface area contributed by atoms with E-state index in [1.165, 1.54) is 12.1 Å². The number of hydrogen-bond acceptors (Lipinski definition) is 9. The minimum Gasteiger partial charge on any atom is -0.461 e. The smallest absolute Gasteiger partial charge is 0.319 e. The molecule has 4 aliphatic heterocycles. The normalized spacial score (nSPS) is 30.1. The lowest BCUT2D eigenvalue weighted by atomic mass is 9.91. The highest BCUT2D eigenvalue weighted by molar-refractivity contribution is 7.22. The Morgan fingerprint density at radius 2 is 1.85 bits per heavy atom.